The summed E-state index contributed by atoms with van der Waals surface area (Å²) in [5.74, 6) is -0.151. The van der Waals surface area contributed by atoms with Crippen molar-refractivity contribution >= 4 is 21.5 Å². The van der Waals surface area contributed by atoms with E-state index in [1.165, 1.54) is 24.2 Å². The van der Waals surface area contributed by atoms with E-state index in [1.54, 1.807) is 0 Å². The van der Waals surface area contributed by atoms with Crippen LogP contribution in [0, 0.1) is 0 Å². The van der Waals surface area contributed by atoms with Crippen molar-refractivity contribution in [1.82, 2.24) is 0 Å². The predicted molar refractivity (Wildman–Crippen MR) is 86.6 cm³/mol. The van der Waals surface area contributed by atoms with Gasteiger partial charge in [0.15, 0.2) is 0 Å². The van der Waals surface area contributed by atoms with Crippen LogP contribution in [0.1, 0.15) is 32.6 Å². The minimum Gasteiger partial charge on any atom is -0.352 e. The van der Waals surface area contributed by atoms with Gasteiger partial charge in [-0.1, -0.05) is 25.5 Å². The number of rotatable bonds is 8. The van der Waals surface area contributed by atoms with Gasteiger partial charge in [0.05, 0.1) is 23.8 Å². The Morgan fingerprint density at radius 2 is 1.62 bits per heavy atom. The molecule has 1 aromatic carbocycles. The summed E-state index contributed by atoms with van der Waals surface area (Å²) >= 11 is 0. The molecule has 21 heavy (non-hydrogen) atoms. The lowest BCUT2D eigenvalue weighted by Crippen LogP contribution is -2.32. The highest BCUT2D eigenvalue weighted by molar-refractivity contribution is 7.85. The van der Waals surface area contributed by atoms with E-state index >= 15 is 0 Å². The molecule has 0 amide bonds. The maximum absolute atomic E-state index is 10.7. The van der Waals surface area contributed by atoms with Gasteiger partial charge in [-0.3, -0.25) is 4.55 Å². The monoisotopic (exact) mass is 312 g/mol. The lowest BCUT2D eigenvalue weighted by Gasteiger charge is -2.21. The van der Waals surface area contributed by atoms with Crippen molar-refractivity contribution in [3.63, 3.8) is 0 Å². The Morgan fingerprint density at radius 1 is 1.05 bits per heavy atom. The van der Waals surface area contributed by atoms with Gasteiger partial charge in [0, 0.05) is 13.1 Å². The fraction of sp³-hybridized carbons (Fsp3) is 0.600. The van der Waals surface area contributed by atoms with E-state index in [-0.39, 0.29) is 5.75 Å². The second-order valence-corrected chi connectivity index (χ2v) is 7.08. The lowest BCUT2D eigenvalue weighted by molar-refractivity contribution is 0.480. The third-order valence-corrected chi connectivity index (χ3v) is 4.57. The zero-order chi connectivity index (χ0) is 15.3. The summed E-state index contributed by atoms with van der Waals surface area (Å²) in [6.45, 7) is 4.92. The van der Waals surface area contributed by atoms with Crippen molar-refractivity contribution in [3.8, 4) is 0 Å². The second kappa shape index (κ2) is 7.13. The molecular weight excluding hydrogens is 288 g/mol. The molecule has 118 valence electrons. The van der Waals surface area contributed by atoms with Crippen LogP contribution >= 0.6 is 0 Å². The van der Waals surface area contributed by atoms with Gasteiger partial charge >= 0.3 is 0 Å². The van der Waals surface area contributed by atoms with Crippen LogP contribution in [-0.2, 0) is 10.1 Å². The number of unbranched alkanes of at least 4 members (excludes halogenated alkanes) is 2. The number of hydrogen-bond donors (Lipinski definition) is 1. The molecule has 0 atom stereocenters. The molecule has 0 spiro atoms. The zero-order valence-corrected chi connectivity index (χ0v) is 13.3. The number of para-hydroxylation sites is 2. The first-order valence-electron chi connectivity index (χ1n) is 7.55. The highest BCUT2D eigenvalue weighted by atomic mass is 32.2. The van der Waals surface area contributed by atoms with E-state index in [2.05, 4.69) is 34.9 Å². The average Bonchev–Trinajstić information content (AvgIpc) is 2.79. The number of fused-ring (bicyclic) bond motifs is 1. The summed E-state index contributed by atoms with van der Waals surface area (Å²) < 4.78 is 30.2. The second-order valence-electron chi connectivity index (χ2n) is 5.50. The van der Waals surface area contributed by atoms with Crippen LogP contribution in [0.3, 0.4) is 0 Å². The van der Waals surface area contributed by atoms with Crippen LogP contribution in [0.25, 0.3) is 0 Å². The van der Waals surface area contributed by atoms with Crippen molar-refractivity contribution in [1.29, 1.82) is 0 Å². The summed E-state index contributed by atoms with van der Waals surface area (Å²) in [7, 11) is -3.83. The molecule has 1 aliphatic heterocycles. The number of nitrogens with zero attached hydrogens (tertiary/aromatic N) is 2. The van der Waals surface area contributed by atoms with E-state index < -0.39 is 10.1 Å². The van der Waals surface area contributed by atoms with Crippen molar-refractivity contribution in [3.05, 3.63) is 24.3 Å². The van der Waals surface area contributed by atoms with E-state index in [0.29, 0.717) is 6.42 Å². The molecule has 0 aromatic heterocycles. The zero-order valence-electron chi connectivity index (χ0n) is 12.5. The molecule has 1 aliphatic rings. The van der Waals surface area contributed by atoms with Crippen molar-refractivity contribution in [2.75, 3.05) is 35.3 Å². The van der Waals surface area contributed by atoms with Crippen LogP contribution in [-0.4, -0.2) is 38.5 Å². The molecule has 2 rings (SSSR count). The van der Waals surface area contributed by atoms with E-state index in [4.69, 9.17) is 4.55 Å². The Labute approximate surface area is 127 Å². The highest BCUT2D eigenvalue weighted by Crippen LogP contribution is 2.35. The summed E-state index contributed by atoms with van der Waals surface area (Å²) in [5, 5.41) is 0. The van der Waals surface area contributed by atoms with Gasteiger partial charge < -0.3 is 9.80 Å². The minimum absolute atomic E-state index is 0.151. The molecule has 0 saturated heterocycles. The number of hydrogen-bond acceptors (Lipinski definition) is 4. The molecule has 1 aromatic rings. The quantitative estimate of drug-likeness (QED) is 0.591. The van der Waals surface area contributed by atoms with Gasteiger partial charge in [0.2, 0.25) is 0 Å². The van der Waals surface area contributed by atoms with Gasteiger partial charge in [-0.2, -0.15) is 8.42 Å². The maximum Gasteiger partial charge on any atom is 0.264 e. The topological polar surface area (TPSA) is 60.9 Å². The molecule has 5 nitrogen and oxygen atoms in total. The summed E-state index contributed by atoms with van der Waals surface area (Å²) in [4.78, 5) is 4.66. The molecule has 0 unspecified atom stereocenters. The minimum atomic E-state index is -3.83. The number of anilines is 2. The van der Waals surface area contributed by atoms with E-state index in [0.717, 1.165) is 26.2 Å². The Hall–Kier alpha value is -1.27. The Bertz CT molecular complexity index is 560. The van der Waals surface area contributed by atoms with Gasteiger partial charge in [0.1, 0.15) is 0 Å². The summed E-state index contributed by atoms with van der Waals surface area (Å²) in [6, 6.07) is 8.35. The summed E-state index contributed by atoms with van der Waals surface area (Å²) in [6.07, 6.45) is 3.60. The smallest absolute Gasteiger partial charge is 0.264 e. The standard InChI is InChI=1S/C15H24N2O3S/c1-2-3-10-16-13-17(11-6-7-12-21(18,19)20)15-9-5-4-8-14(15)16/h4-5,8-9H,2-3,6-7,10-13H2,1H3,(H,18,19,20). The molecule has 0 saturated carbocycles. The largest absolute Gasteiger partial charge is 0.352 e. The first kappa shape index (κ1) is 16.1. The Balaban J connectivity index is 1.92. The van der Waals surface area contributed by atoms with Crippen LogP contribution in [0.5, 0.6) is 0 Å². The lowest BCUT2D eigenvalue weighted by atomic mass is 10.2. The highest BCUT2D eigenvalue weighted by Gasteiger charge is 2.24. The first-order valence-corrected chi connectivity index (χ1v) is 9.16. The van der Waals surface area contributed by atoms with Gasteiger partial charge in [0.25, 0.3) is 10.1 Å². The third kappa shape index (κ3) is 4.61. The Morgan fingerprint density at radius 3 is 2.14 bits per heavy atom. The molecule has 1 heterocycles. The fourth-order valence-electron chi connectivity index (χ4n) is 2.68. The average molecular weight is 312 g/mol. The molecular formula is C15H24N2O3S. The van der Waals surface area contributed by atoms with Gasteiger partial charge in [-0.25, -0.2) is 0 Å². The molecule has 6 heteroatoms. The van der Waals surface area contributed by atoms with E-state index in [1.807, 2.05) is 6.07 Å². The van der Waals surface area contributed by atoms with Crippen LogP contribution in [0.4, 0.5) is 11.4 Å². The Kier molecular flexibility index (Phi) is 5.47. The molecule has 1 N–H and O–H groups in total. The van der Waals surface area contributed by atoms with Crippen LogP contribution in [0.15, 0.2) is 24.3 Å². The van der Waals surface area contributed by atoms with Crippen LogP contribution < -0.4 is 9.80 Å². The summed E-state index contributed by atoms with van der Waals surface area (Å²) in [5.41, 5.74) is 2.49. The number of benzene rings is 1. The molecule has 0 radical (unpaired) electrons. The molecule has 0 bridgehead atoms. The van der Waals surface area contributed by atoms with Crippen molar-refractivity contribution in [2.24, 2.45) is 0 Å². The van der Waals surface area contributed by atoms with Crippen LogP contribution in [0.2, 0.25) is 0 Å². The van der Waals surface area contributed by atoms with Gasteiger partial charge in [-0.05, 0) is 31.4 Å². The maximum atomic E-state index is 10.7. The molecule has 0 aliphatic carbocycles. The fourth-order valence-corrected chi connectivity index (χ4v) is 3.24. The SMILES string of the molecule is CCCCN1CN(CCCCS(=O)(=O)O)c2ccccc21. The van der Waals surface area contributed by atoms with Crippen molar-refractivity contribution < 1.29 is 13.0 Å². The first-order chi connectivity index (χ1) is 10.0. The molecule has 0 fully saturated rings. The van der Waals surface area contributed by atoms with E-state index in [9.17, 15) is 8.42 Å². The normalized spacial score (nSPS) is 14.6. The van der Waals surface area contributed by atoms with Gasteiger partial charge in [-0.15, -0.1) is 0 Å². The van der Waals surface area contributed by atoms with Crippen molar-refractivity contribution in [2.45, 2.75) is 32.6 Å². The third-order valence-electron chi connectivity index (χ3n) is 3.77. The predicted octanol–water partition coefficient (Wildman–Crippen LogP) is 2.74.